The topological polar surface area (TPSA) is 84.2 Å². The number of anilines is 1. The molecule has 38 heavy (non-hydrogen) atoms. The Labute approximate surface area is 223 Å². The number of likely N-dealkylation sites (tertiary alicyclic amines) is 1. The first kappa shape index (κ1) is 25.5. The van der Waals surface area contributed by atoms with Crippen molar-refractivity contribution in [2.24, 2.45) is 7.05 Å². The molecule has 5 heterocycles. The zero-order valence-corrected chi connectivity index (χ0v) is 22.1. The molecule has 1 aromatic carbocycles. The number of aryl methyl sites for hydroxylation is 2. The van der Waals surface area contributed by atoms with Crippen LogP contribution in [-0.2, 0) is 13.5 Å². The highest BCUT2D eigenvalue weighted by Gasteiger charge is 2.34. The number of hydrogen-bond donors (Lipinski definition) is 4. The van der Waals surface area contributed by atoms with Gasteiger partial charge in [0.1, 0.15) is 5.84 Å². The van der Waals surface area contributed by atoms with Crippen molar-refractivity contribution in [1.82, 2.24) is 30.6 Å². The molecule has 4 aliphatic rings. The van der Waals surface area contributed by atoms with E-state index in [1.54, 1.807) is 30.2 Å². The van der Waals surface area contributed by atoms with E-state index in [0.717, 1.165) is 74.5 Å². The Balaban J connectivity index is 1.24. The van der Waals surface area contributed by atoms with E-state index in [0.29, 0.717) is 42.1 Å². The van der Waals surface area contributed by atoms with Crippen LogP contribution in [0.1, 0.15) is 43.2 Å². The van der Waals surface area contributed by atoms with Gasteiger partial charge in [-0.3, -0.25) is 15.0 Å². The van der Waals surface area contributed by atoms with E-state index in [9.17, 15) is 14.2 Å². The van der Waals surface area contributed by atoms with Gasteiger partial charge in [-0.25, -0.2) is 8.78 Å². The van der Waals surface area contributed by atoms with Gasteiger partial charge in [0.05, 0.1) is 12.2 Å². The highest BCUT2D eigenvalue weighted by Crippen LogP contribution is 2.39. The number of nitrogens with zero attached hydrogens (tertiary/aromatic N) is 4. The summed E-state index contributed by atoms with van der Waals surface area (Å²) in [6.45, 7) is 6.45. The number of alkyl halides is 2. The minimum Gasteiger partial charge on any atom is -0.383 e. The zero-order chi connectivity index (χ0) is 26.2. The maximum Gasteiger partial charge on any atom is 0.264 e. The Hall–Kier alpha value is -2.82. The Bertz CT molecular complexity index is 1210. The molecule has 0 spiro atoms. The van der Waals surface area contributed by atoms with Crippen molar-refractivity contribution in [3.63, 3.8) is 0 Å². The van der Waals surface area contributed by atoms with Crippen LogP contribution in [-0.4, -0.2) is 78.4 Å². The van der Waals surface area contributed by atoms with Gasteiger partial charge in [-0.05, 0) is 62.0 Å². The lowest BCUT2D eigenvalue weighted by Gasteiger charge is -2.47. The lowest BCUT2D eigenvalue weighted by atomic mass is 9.92. The maximum atomic E-state index is 14.3. The molecule has 0 amide bonds. The summed E-state index contributed by atoms with van der Waals surface area (Å²) < 4.78 is 30.1. The summed E-state index contributed by atoms with van der Waals surface area (Å²) in [6, 6.07) is 4.59. The van der Waals surface area contributed by atoms with E-state index in [-0.39, 0.29) is 5.56 Å². The lowest BCUT2D eigenvalue weighted by Crippen LogP contribution is -2.62. The highest BCUT2D eigenvalue weighted by molar-refractivity contribution is 6.09. The van der Waals surface area contributed by atoms with E-state index in [2.05, 4.69) is 25.9 Å². The highest BCUT2D eigenvalue weighted by atomic mass is 19.3. The molecule has 10 heteroatoms. The van der Waals surface area contributed by atoms with Gasteiger partial charge >= 0.3 is 0 Å². The fraction of sp³-hybridized carbons (Fsp3) is 0.571. The predicted molar refractivity (Wildman–Crippen MR) is 146 cm³/mol. The molecular weight excluding hydrogens is 486 g/mol. The van der Waals surface area contributed by atoms with E-state index in [1.807, 2.05) is 11.0 Å². The first-order chi connectivity index (χ1) is 18.5. The van der Waals surface area contributed by atoms with Crippen molar-refractivity contribution in [3.8, 4) is 11.1 Å². The van der Waals surface area contributed by atoms with E-state index in [4.69, 9.17) is 0 Å². The quantitative estimate of drug-likeness (QED) is 0.344. The van der Waals surface area contributed by atoms with E-state index in [1.165, 1.54) is 12.8 Å². The third-order valence-corrected chi connectivity index (χ3v) is 8.51. The second kappa shape index (κ2) is 10.7. The predicted octanol–water partition coefficient (Wildman–Crippen LogP) is 3.03. The monoisotopic (exact) mass is 524 g/mol. The summed E-state index contributed by atoms with van der Waals surface area (Å²) in [5.41, 5.74) is 5.07. The number of piperidine rings is 1. The van der Waals surface area contributed by atoms with Crippen LogP contribution >= 0.6 is 0 Å². The summed E-state index contributed by atoms with van der Waals surface area (Å²) in [5.74, 6) is 0.421. The Kier molecular flexibility index (Phi) is 7.20. The molecule has 204 valence electrons. The van der Waals surface area contributed by atoms with Crippen LogP contribution in [0.4, 0.5) is 14.5 Å². The minimum absolute atomic E-state index is 0.00183. The molecule has 0 bridgehead atoms. The number of benzene rings is 1. The number of halogens is 2. The summed E-state index contributed by atoms with van der Waals surface area (Å²) in [5, 5.41) is 24.1. The molecule has 0 saturated carbocycles. The van der Waals surface area contributed by atoms with E-state index >= 15 is 0 Å². The van der Waals surface area contributed by atoms with Crippen LogP contribution in [0.5, 0.6) is 0 Å². The van der Waals surface area contributed by atoms with Gasteiger partial charge in [0.15, 0.2) is 0 Å². The molecule has 0 aliphatic carbocycles. The number of amidine groups is 1. The molecule has 4 aliphatic heterocycles. The number of nitrogens with one attached hydrogen (secondary N) is 4. The molecule has 0 unspecified atom stereocenters. The second-order valence-corrected chi connectivity index (χ2v) is 11.0. The summed E-state index contributed by atoms with van der Waals surface area (Å²) in [4.78, 5) is 4.53. The molecule has 4 N–H and O–H groups in total. The normalized spacial score (nSPS) is 21.5. The van der Waals surface area contributed by atoms with Crippen LogP contribution in [0.15, 0.2) is 35.8 Å². The average molecular weight is 525 g/mol. The Morgan fingerprint density at radius 3 is 2.68 bits per heavy atom. The van der Waals surface area contributed by atoms with Crippen molar-refractivity contribution in [1.29, 1.82) is 5.41 Å². The average Bonchev–Trinajstić information content (AvgIpc) is 3.35. The fourth-order valence-corrected chi connectivity index (χ4v) is 6.43. The van der Waals surface area contributed by atoms with Crippen molar-refractivity contribution in [2.75, 3.05) is 50.7 Å². The summed E-state index contributed by atoms with van der Waals surface area (Å²) >= 11 is 0. The minimum atomic E-state index is -2.61. The van der Waals surface area contributed by atoms with Crippen LogP contribution in [0.25, 0.3) is 11.1 Å². The Morgan fingerprint density at radius 1 is 1.13 bits per heavy atom. The standard InChI is InChI=1S/C28H38F2N8/c1-36-15-19(13-34-36)22-11-18-3-2-10-38(26(18)12-23(22)27(29)30)28(31)24-14-33-9-6-25(24)35-20-16-37(17-20)21-4-7-32-8-5-21/h11-13,15,20-21,27,31-33,35H,2-10,14,16-17H2,1H3. The van der Waals surface area contributed by atoms with Gasteiger partial charge in [0.2, 0.25) is 0 Å². The molecule has 2 fully saturated rings. The fourth-order valence-electron chi connectivity index (χ4n) is 6.43. The molecule has 0 radical (unpaired) electrons. The van der Waals surface area contributed by atoms with Crippen LogP contribution < -0.4 is 20.9 Å². The van der Waals surface area contributed by atoms with Crippen molar-refractivity contribution in [3.05, 3.63) is 46.9 Å². The molecular formula is C28H38F2N8. The van der Waals surface area contributed by atoms with Crippen LogP contribution in [0, 0.1) is 5.41 Å². The molecule has 6 rings (SSSR count). The van der Waals surface area contributed by atoms with Crippen LogP contribution in [0.3, 0.4) is 0 Å². The third kappa shape index (κ3) is 4.97. The van der Waals surface area contributed by atoms with Crippen molar-refractivity contribution < 1.29 is 8.78 Å². The summed E-state index contributed by atoms with van der Waals surface area (Å²) in [7, 11) is 1.79. The first-order valence-electron chi connectivity index (χ1n) is 13.9. The van der Waals surface area contributed by atoms with Crippen molar-refractivity contribution >= 4 is 11.5 Å². The maximum absolute atomic E-state index is 14.3. The second-order valence-electron chi connectivity index (χ2n) is 11.0. The molecule has 1 aromatic heterocycles. The van der Waals surface area contributed by atoms with Crippen molar-refractivity contribution in [2.45, 2.75) is 50.6 Å². The van der Waals surface area contributed by atoms with Gasteiger partial charge in [0, 0.05) is 86.5 Å². The van der Waals surface area contributed by atoms with Gasteiger partial charge in [-0.15, -0.1) is 0 Å². The third-order valence-electron chi connectivity index (χ3n) is 8.51. The van der Waals surface area contributed by atoms with Crippen LogP contribution in [0.2, 0.25) is 0 Å². The number of rotatable bonds is 6. The molecule has 2 saturated heterocycles. The number of aromatic nitrogens is 2. The van der Waals surface area contributed by atoms with Gasteiger partial charge in [-0.2, -0.15) is 5.10 Å². The van der Waals surface area contributed by atoms with Gasteiger partial charge in [-0.1, -0.05) is 0 Å². The zero-order valence-electron chi connectivity index (χ0n) is 22.1. The SMILES string of the molecule is Cn1cc(-c2cc3c(cc2C(F)F)N(C(=N)C2=C(NC4CN(C5CCNCC5)C4)CCNC2)CCC3)cn1. The van der Waals surface area contributed by atoms with Gasteiger partial charge in [0.25, 0.3) is 6.43 Å². The summed E-state index contributed by atoms with van der Waals surface area (Å²) in [6.07, 6.45) is 5.78. The number of fused-ring (bicyclic) bond motifs is 1. The Morgan fingerprint density at radius 2 is 1.95 bits per heavy atom. The lowest BCUT2D eigenvalue weighted by molar-refractivity contribution is 0.0632. The smallest absolute Gasteiger partial charge is 0.264 e. The molecule has 2 aromatic rings. The molecule has 0 atom stereocenters. The van der Waals surface area contributed by atoms with Gasteiger partial charge < -0.3 is 20.9 Å². The largest absolute Gasteiger partial charge is 0.383 e. The number of hydrogen-bond acceptors (Lipinski definition) is 6. The van der Waals surface area contributed by atoms with E-state index < -0.39 is 6.43 Å². The molecule has 8 nitrogen and oxygen atoms in total. The first-order valence-corrected chi connectivity index (χ1v) is 13.9.